The standard InChI is InChI=1S/C14H19N3O/c1-11-9-12(3-4-13(11)18-2)10-17-8-7-16-14(17)5-6-15/h3-4,7-9H,5-6,10,15H2,1-2H3. The van der Waals surface area contributed by atoms with Crippen LogP contribution in [0.25, 0.3) is 0 Å². The summed E-state index contributed by atoms with van der Waals surface area (Å²) in [6, 6.07) is 6.23. The molecule has 96 valence electrons. The largest absolute Gasteiger partial charge is 0.496 e. The number of nitrogens with zero attached hydrogens (tertiary/aromatic N) is 2. The summed E-state index contributed by atoms with van der Waals surface area (Å²) in [5.41, 5.74) is 7.96. The lowest BCUT2D eigenvalue weighted by molar-refractivity contribution is 0.411. The zero-order chi connectivity index (χ0) is 13.0. The second kappa shape index (κ2) is 5.69. The minimum atomic E-state index is 0.624. The van der Waals surface area contributed by atoms with Gasteiger partial charge in [0.1, 0.15) is 11.6 Å². The fourth-order valence-corrected chi connectivity index (χ4v) is 2.08. The third-order valence-electron chi connectivity index (χ3n) is 2.98. The number of aromatic nitrogens is 2. The molecule has 0 unspecified atom stereocenters. The summed E-state index contributed by atoms with van der Waals surface area (Å²) in [6.07, 6.45) is 4.62. The number of benzene rings is 1. The van der Waals surface area contributed by atoms with E-state index in [1.54, 1.807) is 7.11 Å². The Kier molecular flexibility index (Phi) is 3.99. The molecular weight excluding hydrogens is 226 g/mol. The van der Waals surface area contributed by atoms with Crippen molar-refractivity contribution in [3.63, 3.8) is 0 Å². The highest BCUT2D eigenvalue weighted by Gasteiger charge is 2.04. The zero-order valence-corrected chi connectivity index (χ0v) is 10.9. The van der Waals surface area contributed by atoms with Crippen LogP contribution in [0, 0.1) is 6.92 Å². The van der Waals surface area contributed by atoms with E-state index in [2.05, 4.69) is 28.6 Å². The van der Waals surface area contributed by atoms with E-state index in [0.717, 1.165) is 30.1 Å². The van der Waals surface area contributed by atoms with Gasteiger partial charge in [-0.2, -0.15) is 0 Å². The molecule has 0 amide bonds. The summed E-state index contributed by atoms with van der Waals surface area (Å²) in [5.74, 6) is 1.96. The van der Waals surface area contributed by atoms with Gasteiger partial charge in [-0.05, 0) is 30.7 Å². The third-order valence-corrected chi connectivity index (χ3v) is 2.98. The SMILES string of the molecule is COc1ccc(Cn2ccnc2CCN)cc1C. The average Bonchev–Trinajstić information content (AvgIpc) is 2.78. The summed E-state index contributed by atoms with van der Waals surface area (Å²) in [7, 11) is 1.69. The van der Waals surface area contributed by atoms with Gasteiger partial charge in [-0.1, -0.05) is 12.1 Å². The molecule has 0 fully saturated rings. The molecule has 0 aliphatic carbocycles. The van der Waals surface area contributed by atoms with E-state index in [1.807, 2.05) is 18.5 Å². The molecule has 2 N–H and O–H groups in total. The van der Waals surface area contributed by atoms with Crippen LogP contribution in [0.1, 0.15) is 17.0 Å². The molecule has 0 bridgehead atoms. The molecule has 0 saturated heterocycles. The molecule has 2 aromatic rings. The van der Waals surface area contributed by atoms with Crippen LogP contribution in [-0.2, 0) is 13.0 Å². The molecule has 4 heteroatoms. The van der Waals surface area contributed by atoms with E-state index in [0.29, 0.717) is 6.54 Å². The first-order valence-corrected chi connectivity index (χ1v) is 6.08. The van der Waals surface area contributed by atoms with Crippen LogP contribution >= 0.6 is 0 Å². The molecule has 1 heterocycles. The fraction of sp³-hybridized carbons (Fsp3) is 0.357. The predicted octanol–water partition coefficient (Wildman–Crippen LogP) is 1.75. The summed E-state index contributed by atoms with van der Waals surface area (Å²) in [4.78, 5) is 4.32. The molecule has 0 saturated carbocycles. The first kappa shape index (κ1) is 12.6. The highest BCUT2D eigenvalue weighted by atomic mass is 16.5. The van der Waals surface area contributed by atoms with E-state index in [1.165, 1.54) is 5.56 Å². The average molecular weight is 245 g/mol. The van der Waals surface area contributed by atoms with E-state index in [4.69, 9.17) is 10.5 Å². The number of rotatable bonds is 5. The van der Waals surface area contributed by atoms with E-state index >= 15 is 0 Å². The van der Waals surface area contributed by atoms with Gasteiger partial charge in [-0.3, -0.25) is 0 Å². The zero-order valence-electron chi connectivity index (χ0n) is 10.9. The van der Waals surface area contributed by atoms with Crippen molar-refractivity contribution in [3.8, 4) is 5.75 Å². The van der Waals surface area contributed by atoms with Gasteiger partial charge in [0.15, 0.2) is 0 Å². The van der Waals surface area contributed by atoms with Crippen molar-refractivity contribution in [1.82, 2.24) is 9.55 Å². The minimum absolute atomic E-state index is 0.624. The lowest BCUT2D eigenvalue weighted by Gasteiger charge is -2.10. The fourth-order valence-electron chi connectivity index (χ4n) is 2.08. The Morgan fingerprint density at radius 3 is 2.89 bits per heavy atom. The van der Waals surface area contributed by atoms with Gasteiger partial charge in [0.05, 0.1) is 7.11 Å². The van der Waals surface area contributed by atoms with Crippen molar-refractivity contribution >= 4 is 0 Å². The lowest BCUT2D eigenvalue weighted by Crippen LogP contribution is -2.10. The number of hydrogen-bond acceptors (Lipinski definition) is 3. The highest BCUT2D eigenvalue weighted by molar-refractivity contribution is 5.36. The van der Waals surface area contributed by atoms with E-state index in [9.17, 15) is 0 Å². The molecule has 0 radical (unpaired) electrons. The van der Waals surface area contributed by atoms with Gasteiger partial charge in [0.2, 0.25) is 0 Å². The van der Waals surface area contributed by atoms with Crippen LogP contribution in [0.3, 0.4) is 0 Å². The van der Waals surface area contributed by atoms with Gasteiger partial charge in [-0.15, -0.1) is 0 Å². The normalized spacial score (nSPS) is 10.6. The molecule has 0 atom stereocenters. The van der Waals surface area contributed by atoms with E-state index < -0.39 is 0 Å². The van der Waals surface area contributed by atoms with Gasteiger partial charge < -0.3 is 15.0 Å². The first-order valence-electron chi connectivity index (χ1n) is 6.08. The second-order valence-electron chi connectivity index (χ2n) is 4.31. The third kappa shape index (κ3) is 2.71. The Balaban J connectivity index is 2.18. The maximum absolute atomic E-state index is 5.57. The number of methoxy groups -OCH3 is 1. The molecular formula is C14H19N3O. The van der Waals surface area contributed by atoms with Gasteiger partial charge in [-0.25, -0.2) is 4.98 Å². The van der Waals surface area contributed by atoms with Crippen LogP contribution < -0.4 is 10.5 Å². The summed E-state index contributed by atoms with van der Waals surface area (Å²) in [6.45, 7) is 3.50. The van der Waals surface area contributed by atoms with Crippen molar-refractivity contribution in [2.75, 3.05) is 13.7 Å². The maximum Gasteiger partial charge on any atom is 0.121 e. The molecule has 0 aliphatic rings. The topological polar surface area (TPSA) is 53.1 Å². The second-order valence-corrected chi connectivity index (χ2v) is 4.31. The molecule has 1 aromatic heterocycles. The monoisotopic (exact) mass is 245 g/mol. The Bertz CT molecular complexity index is 520. The van der Waals surface area contributed by atoms with Crippen molar-refractivity contribution in [2.24, 2.45) is 5.73 Å². The van der Waals surface area contributed by atoms with Crippen molar-refractivity contribution in [1.29, 1.82) is 0 Å². The number of hydrogen-bond donors (Lipinski definition) is 1. The van der Waals surface area contributed by atoms with Crippen molar-refractivity contribution in [2.45, 2.75) is 19.9 Å². The number of nitrogens with two attached hydrogens (primary N) is 1. The Morgan fingerprint density at radius 2 is 2.22 bits per heavy atom. The van der Waals surface area contributed by atoms with Crippen LogP contribution in [0.15, 0.2) is 30.6 Å². The molecule has 2 rings (SSSR count). The van der Waals surface area contributed by atoms with Crippen LogP contribution in [0.4, 0.5) is 0 Å². The number of aryl methyl sites for hydroxylation is 1. The predicted molar refractivity (Wildman–Crippen MR) is 71.8 cm³/mol. The minimum Gasteiger partial charge on any atom is -0.496 e. The smallest absolute Gasteiger partial charge is 0.121 e. The Morgan fingerprint density at radius 1 is 1.39 bits per heavy atom. The van der Waals surface area contributed by atoms with Crippen molar-refractivity contribution in [3.05, 3.63) is 47.5 Å². The molecule has 18 heavy (non-hydrogen) atoms. The summed E-state index contributed by atoms with van der Waals surface area (Å²) >= 11 is 0. The van der Waals surface area contributed by atoms with Crippen LogP contribution in [0.2, 0.25) is 0 Å². The van der Waals surface area contributed by atoms with Gasteiger partial charge >= 0.3 is 0 Å². The Hall–Kier alpha value is -1.81. The number of ether oxygens (including phenoxy) is 1. The maximum atomic E-state index is 5.57. The summed E-state index contributed by atoms with van der Waals surface area (Å²) in [5, 5.41) is 0. The van der Waals surface area contributed by atoms with Gasteiger partial charge in [0.25, 0.3) is 0 Å². The molecule has 0 spiro atoms. The number of imidazole rings is 1. The van der Waals surface area contributed by atoms with Gasteiger partial charge in [0, 0.05) is 25.4 Å². The van der Waals surface area contributed by atoms with Crippen LogP contribution in [-0.4, -0.2) is 23.2 Å². The Labute approximate surface area is 107 Å². The highest BCUT2D eigenvalue weighted by Crippen LogP contribution is 2.19. The van der Waals surface area contributed by atoms with Crippen molar-refractivity contribution < 1.29 is 4.74 Å². The van der Waals surface area contributed by atoms with Crippen LogP contribution in [0.5, 0.6) is 5.75 Å². The molecule has 0 aliphatic heterocycles. The molecule has 4 nitrogen and oxygen atoms in total. The first-order chi connectivity index (χ1) is 8.74. The van der Waals surface area contributed by atoms with E-state index in [-0.39, 0.29) is 0 Å². The summed E-state index contributed by atoms with van der Waals surface area (Å²) < 4.78 is 7.39. The lowest BCUT2D eigenvalue weighted by atomic mass is 10.1. The quantitative estimate of drug-likeness (QED) is 0.873. The molecule has 1 aromatic carbocycles.